The van der Waals surface area contributed by atoms with Gasteiger partial charge in [0.15, 0.2) is 0 Å². The molecule has 17 heavy (non-hydrogen) atoms. The minimum absolute atomic E-state index is 0.211. The van der Waals surface area contributed by atoms with Crippen molar-refractivity contribution in [2.75, 3.05) is 19.8 Å². The van der Waals surface area contributed by atoms with Gasteiger partial charge in [-0.2, -0.15) is 13.2 Å². The van der Waals surface area contributed by atoms with Crippen LogP contribution in [0.1, 0.15) is 39.0 Å². The van der Waals surface area contributed by atoms with Crippen LogP contribution < -0.4 is 5.32 Å². The van der Waals surface area contributed by atoms with E-state index in [1.54, 1.807) is 0 Å². The van der Waals surface area contributed by atoms with E-state index in [0.717, 1.165) is 25.4 Å². The Balaban J connectivity index is 1.82. The topological polar surface area (TPSA) is 21.3 Å². The van der Waals surface area contributed by atoms with E-state index in [4.69, 9.17) is 0 Å². The highest BCUT2D eigenvalue weighted by atomic mass is 19.4. The number of hydrogen-bond donors (Lipinski definition) is 1. The molecule has 0 aromatic heterocycles. The van der Waals surface area contributed by atoms with Crippen LogP contribution in [0.5, 0.6) is 0 Å². The largest absolute Gasteiger partial charge is 0.411 e. The maximum atomic E-state index is 11.7. The van der Waals surface area contributed by atoms with E-state index in [1.807, 2.05) is 0 Å². The average molecular weight is 253 g/mol. The van der Waals surface area contributed by atoms with Gasteiger partial charge in [0.1, 0.15) is 6.61 Å². The van der Waals surface area contributed by atoms with Crippen LogP contribution in [0.15, 0.2) is 0 Å². The maximum Gasteiger partial charge on any atom is 0.411 e. The van der Waals surface area contributed by atoms with Crippen LogP contribution in [0.2, 0.25) is 0 Å². The van der Waals surface area contributed by atoms with E-state index in [2.05, 4.69) is 17.0 Å². The van der Waals surface area contributed by atoms with Crippen molar-refractivity contribution < 1.29 is 17.9 Å². The highest BCUT2D eigenvalue weighted by Crippen LogP contribution is 2.19. The predicted octanol–water partition coefficient (Wildman–Crippen LogP) is 3.12. The van der Waals surface area contributed by atoms with Gasteiger partial charge in [-0.25, -0.2) is 0 Å². The Morgan fingerprint density at radius 2 is 2.00 bits per heavy atom. The van der Waals surface area contributed by atoms with Crippen LogP contribution in [-0.2, 0) is 4.74 Å². The van der Waals surface area contributed by atoms with Crippen LogP contribution in [0.25, 0.3) is 0 Å². The summed E-state index contributed by atoms with van der Waals surface area (Å²) in [5.41, 5.74) is 0. The summed E-state index contributed by atoms with van der Waals surface area (Å²) < 4.78 is 39.8. The second kappa shape index (κ2) is 7.21. The molecule has 1 aliphatic carbocycles. The monoisotopic (exact) mass is 253 g/mol. The Morgan fingerprint density at radius 1 is 1.29 bits per heavy atom. The molecule has 0 radical (unpaired) electrons. The van der Waals surface area contributed by atoms with Gasteiger partial charge in [0.25, 0.3) is 0 Å². The molecular weight excluding hydrogens is 231 g/mol. The van der Waals surface area contributed by atoms with E-state index in [-0.39, 0.29) is 6.61 Å². The van der Waals surface area contributed by atoms with Gasteiger partial charge in [0.05, 0.1) is 0 Å². The van der Waals surface area contributed by atoms with Gasteiger partial charge in [0, 0.05) is 12.6 Å². The Hall–Kier alpha value is -0.290. The lowest BCUT2D eigenvalue weighted by molar-refractivity contribution is -0.174. The lowest BCUT2D eigenvalue weighted by Crippen LogP contribution is -2.23. The first kappa shape index (κ1) is 14.8. The van der Waals surface area contributed by atoms with Crippen molar-refractivity contribution in [1.29, 1.82) is 0 Å². The van der Waals surface area contributed by atoms with E-state index in [1.165, 1.54) is 12.8 Å². The normalized spacial score (nSPS) is 18.4. The van der Waals surface area contributed by atoms with Crippen molar-refractivity contribution in [3.8, 4) is 0 Å². The number of nitrogens with one attached hydrogen (secondary N) is 1. The number of ether oxygens (including phenoxy) is 1. The lowest BCUT2D eigenvalue weighted by atomic mass is 10.0. The van der Waals surface area contributed by atoms with Gasteiger partial charge in [-0.05, 0) is 38.1 Å². The molecule has 1 rings (SSSR count). The fraction of sp³-hybridized carbons (Fsp3) is 1.00. The third kappa shape index (κ3) is 9.41. The smallest absolute Gasteiger partial charge is 0.372 e. The standard InChI is InChI=1S/C12H22F3NO/c1-10(8-16-11-5-6-11)4-2-3-7-17-9-12(13,14)15/h10-11,16H,2-9H2,1H3. The molecule has 1 aliphatic rings. The maximum absolute atomic E-state index is 11.7. The quantitative estimate of drug-likeness (QED) is 0.637. The molecule has 1 saturated carbocycles. The molecule has 1 unspecified atom stereocenters. The molecule has 0 saturated heterocycles. The van der Waals surface area contributed by atoms with Crippen molar-refractivity contribution in [3.63, 3.8) is 0 Å². The van der Waals surface area contributed by atoms with Crippen LogP contribution >= 0.6 is 0 Å². The van der Waals surface area contributed by atoms with Gasteiger partial charge in [-0.1, -0.05) is 13.3 Å². The number of rotatable bonds is 9. The first-order chi connectivity index (χ1) is 7.97. The molecule has 5 heteroatoms. The first-order valence-corrected chi connectivity index (χ1v) is 6.35. The molecule has 2 nitrogen and oxygen atoms in total. The second-order valence-corrected chi connectivity index (χ2v) is 4.95. The third-order valence-corrected chi connectivity index (χ3v) is 2.83. The summed E-state index contributed by atoms with van der Waals surface area (Å²) in [7, 11) is 0. The molecule has 0 heterocycles. The Kier molecular flexibility index (Phi) is 6.27. The molecule has 1 fully saturated rings. The summed E-state index contributed by atoms with van der Waals surface area (Å²) in [6, 6.07) is 0.729. The Bertz CT molecular complexity index is 204. The molecule has 0 spiro atoms. The fourth-order valence-electron chi connectivity index (χ4n) is 1.64. The van der Waals surface area contributed by atoms with Crippen molar-refractivity contribution in [1.82, 2.24) is 5.32 Å². The van der Waals surface area contributed by atoms with E-state index in [9.17, 15) is 13.2 Å². The zero-order valence-electron chi connectivity index (χ0n) is 10.4. The van der Waals surface area contributed by atoms with E-state index >= 15 is 0 Å². The summed E-state index contributed by atoms with van der Waals surface area (Å²) in [6.45, 7) is 2.29. The molecule has 0 bridgehead atoms. The fourth-order valence-corrected chi connectivity index (χ4v) is 1.64. The molecular formula is C12H22F3NO. The van der Waals surface area contributed by atoms with Crippen LogP contribution in [-0.4, -0.2) is 32.0 Å². The lowest BCUT2D eigenvalue weighted by Gasteiger charge is -2.12. The predicted molar refractivity (Wildman–Crippen MR) is 60.9 cm³/mol. The summed E-state index contributed by atoms with van der Waals surface area (Å²) in [6.07, 6.45) is 1.09. The Morgan fingerprint density at radius 3 is 2.59 bits per heavy atom. The van der Waals surface area contributed by atoms with Crippen molar-refractivity contribution in [2.45, 2.75) is 51.2 Å². The van der Waals surface area contributed by atoms with Gasteiger partial charge >= 0.3 is 6.18 Å². The summed E-state index contributed by atoms with van der Waals surface area (Å²) >= 11 is 0. The number of hydrogen-bond acceptors (Lipinski definition) is 2. The molecule has 102 valence electrons. The average Bonchev–Trinajstić information content (AvgIpc) is 3.02. The molecule has 0 aromatic rings. The summed E-state index contributed by atoms with van der Waals surface area (Å²) in [4.78, 5) is 0. The zero-order chi connectivity index (χ0) is 12.7. The summed E-state index contributed by atoms with van der Waals surface area (Å²) in [5, 5.41) is 3.45. The highest BCUT2D eigenvalue weighted by molar-refractivity contribution is 4.81. The zero-order valence-corrected chi connectivity index (χ0v) is 10.4. The van der Waals surface area contributed by atoms with Crippen LogP contribution in [0.3, 0.4) is 0 Å². The van der Waals surface area contributed by atoms with Crippen molar-refractivity contribution >= 4 is 0 Å². The molecule has 0 amide bonds. The Labute approximate surface area is 101 Å². The molecule has 0 aromatic carbocycles. The number of unbranched alkanes of at least 4 members (excludes halogenated alkanes) is 1. The molecule has 0 aliphatic heterocycles. The van der Waals surface area contributed by atoms with Crippen molar-refractivity contribution in [3.05, 3.63) is 0 Å². The first-order valence-electron chi connectivity index (χ1n) is 6.35. The van der Waals surface area contributed by atoms with E-state index in [0.29, 0.717) is 12.3 Å². The molecule has 1 N–H and O–H groups in total. The van der Waals surface area contributed by atoms with Gasteiger partial charge in [0.2, 0.25) is 0 Å². The van der Waals surface area contributed by atoms with Gasteiger partial charge in [-0.3, -0.25) is 0 Å². The number of alkyl halides is 3. The second-order valence-electron chi connectivity index (χ2n) is 4.95. The van der Waals surface area contributed by atoms with Gasteiger partial charge in [-0.15, -0.1) is 0 Å². The minimum Gasteiger partial charge on any atom is -0.372 e. The minimum atomic E-state index is -4.19. The number of halogens is 3. The molecule has 1 atom stereocenters. The third-order valence-electron chi connectivity index (χ3n) is 2.83. The van der Waals surface area contributed by atoms with Gasteiger partial charge < -0.3 is 10.1 Å². The van der Waals surface area contributed by atoms with Crippen molar-refractivity contribution in [2.24, 2.45) is 5.92 Å². The van der Waals surface area contributed by atoms with E-state index < -0.39 is 12.8 Å². The van der Waals surface area contributed by atoms with Crippen LogP contribution in [0, 0.1) is 5.92 Å². The SMILES string of the molecule is CC(CCCCOCC(F)(F)F)CNC1CC1. The van der Waals surface area contributed by atoms with Crippen LogP contribution in [0.4, 0.5) is 13.2 Å². The highest BCUT2D eigenvalue weighted by Gasteiger charge is 2.27. The summed E-state index contributed by atoms with van der Waals surface area (Å²) in [5.74, 6) is 0.596.